The molecule has 0 aliphatic rings. The molecule has 6 heteroatoms. The van der Waals surface area contributed by atoms with Crippen molar-refractivity contribution >= 4 is 34.1 Å². The van der Waals surface area contributed by atoms with Crippen LogP contribution < -0.4 is 0 Å². The number of benzene rings is 2. The van der Waals surface area contributed by atoms with E-state index in [0.717, 1.165) is 15.7 Å². The van der Waals surface area contributed by atoms with E-state index in [4.69, 9.17) is 4.74 Å². The summed E-state index contributed by atoms with van der Waals surface area (Å²) in [6, 6.07) is 17.4. The second kappa shape index (κ2) is 7.90. The van der Waals surface area contributed by atoms with Crippen LogP contribution in [-0.4, -0.2) is 27.6 Å². The first-order valence-electron chi connectivity index (χ1n) is 7.81. The van der Waals surface area contributed by atoms with Crippen LogP contribution in [0.5, 0.6) is 0 Å². The Hall–Kier alpha value is -2.73. The summed E-state index contributed by atoms with van der Waals surface area (Å²) >= 11 is 3.42. The van der Waals surface area contributed by atoms with Crippen LogP contribution in [0.1, 0.15) is 28.7 Å². The summed E-state index contributed by atoms with van der Waals surface area (Å²) in [7, 11) is 0. The van der Waals surface area contributed by atoms with Gasteiger partial charge in [0.2, 0.25) is 0 Å². The van der Waals surface area contributed by atoms with Gasteiger partial charge >= 0.3 is 5.97 Å². The number of halogens is 1. The molecule has 3 rings (SSSR count). The second-order valence-electron chi connectivity index (χ2n) is 5.18. The molecule has 0 fully saturated rings. The summed E-state index contributed by atoms with van der Waals surface area (Å²) in [5, 5.41) is 8.14. The fourth-order valence-electron chi connectivity index (χ4n) is 2.29. The molecule has 0 amide bonds. The number of para-hydroxylation sites is 1. The van der Waals surface area contributed by atoms with Crippen molar-refractivity contribution in [3.8, 4) is 5.69 Å². The lowest BCUT2D eigenvalue weighted by Crippen LogP contribution is -2.08. The van der Waals surface area contributed by atoms with E-state index in [2.05, 4.69) is 26.2 Å². The van der Waals surface area contributed by atoms with Crippen molar-refractivity contribution in [2.75, 3.05) is 6.61 Å². The first-order chi connectivity index (χ1) is 12.2. The number of hydrogen-bond acceptors (Lipinski definition) is 4. The first kappa shape index (κ1) is 17.1. The van der Waals surface area contributed by atoms with Gasteiger partial charge in [-0.3, -0.25) is 0 Å². The van der Waals surface area contributed by atoms with Crippen LogP contribution in [0.25, 0.3) is 17.8 Å². The summed E-state index contributed by atoms with van der Waals surface area (Å²) in [5.74, 6) is -0.486. The Morgan fingerprint density at radius 2 is 1.84 bits per heavy atom. The average molecular weight is 398 g/mol. The molecule has 0 aliphatic carbocycles. The number of nitrogens with zero attached hydrogens (tertiary/aromatic N) is 3. The molecular weight excluding hydrogens is 382 g/mol. The molecule has 0 unspecified atom stereocenters. The number of esters is 1. The molecule has 2 aromatic carbocycles. The van der Waals surface area contributed by atoms with Crippen LogP contribution in [0.4, 0.5) is 0 Å². The van der Waals surface area contributed by atoms with Gasteiger partial charge in [-0.15, -0.1) is 5.10 Å². The molecule has 1 heterocycles. The number of hydrogen-bond donors (Lipinski definition) is 0. The van der Waals surface area contributed by atoms with Gasteiger partial charge in [-0.2, -0.15) is 0 Å². The van der Waals surface area contributed by atoms with Crippen LogP contribution in [0.3, 0.4) is 0 Å². The summed E-state index contributed by atoms with van der Waals surface area (Å²) < 4.78 is 7.72. The Balaban J connectivity index is 2.03. The van der Waals surface area contributed by atoms with E-state index in [1.165, 1.54) is 0 Å². The summed E-state index contributed by atoms with van der Waals surface area (Å²) in [6.07, 6.45) is 3.73. The van der Waals surface area contributed by atoms with Crippen molar-refractivity contribution < 1.29 is 9.53 Å². The van der Waals surface area contributed by atoms with E-state index < -0.39 is 5.97 Å². The standard InChI is InChI=1S/C19H16BrN3O2/c1-2-25-19(24)18-17(13-10-14-8-11-15(20)12-9-14)23(22-21-18)16-6-4-3-5-7-16/h3-13H,2H2,1H3/b13-10+. The van der Waals surface area contributed by atoms with Crippen molar-refractivity contribution in [2.24, 2.45) is 0 Å². The lowest BCUT2D eigenvalue weighted by Gasteiger charge is -2.04. The molecule has 0 N–H and O–H groups in total. The highest BCUT2D eigenvalue weighted by atomic mass is 79.9. The maximum absolute atomic E-state index is 12.2. The van der Waals surface area contributed by atoms with Gasteiger partial charge in [-0.05, 0) is 42.8 Å². The Labute approximate surface area is 154 Å². The van der Waals surface area contributed by atoms with E-state index in [-0.39, 0.29) is 12.3 Å². The van der Waals surface area contributed by atoms with E-state index in [1.807, 2.05) is 66.7 Å². The minimum absolute atomic E-state index is 0.194. The van der Waals surface area contributed by atoms with Gasteiger partial charge in [0.25, 0.3) is 0 Å². The third-order valence-electron chi connectivity index (χ3n) is 3.48. The van der Waals surface area contributed by atoms with Crippen LogP contribution in [-0.2, 0) is 4.74 Å². The zero-order chi connectivity index (χ0) is 17.6. The Morgan fingerprint density at radius 3 is 2.52 bits per heavy atom. The van der Waals surface area contributed by atoms with Crippen molar-refractivity contribution in [2.45, 2.75) is 6.92 Å². The normalized spacial score (nSPS) is 11.0. The van der Waals surface area contributed by atoms with E-state index >= 15 is 0 Å². The van der Waals surface area contributed by atoms with Gasteiger partial charge in [0, 0.05) is 4.47 Å². The molecule has 25 heavy (non-hydrogen) atoms. The Kier molecular flexibility index (Phi) is 5.40. The van der Waals surface area contributed by atoms with Crippen molar-refractivity contribution in [3.63, 3.8) is 0 Å². The smallest absolute Gasteiger partial charge is 0.361 e. The van der Waals surface area contributed by atoms with Gasteiger partial charge in [0.1, 0.15) is 5.69 Å². The molecule has 0 bridgehead atoms. The molecule has 5 nitrogen and oxygen atoms in total. The molecule has 0 aliphatic heterocycles. The quantitative estimate of drug-likeness (QED) is 0.599. The Bertz CT molecular complexity index is 887. The predicted molar refractivity (Wildman–Crippen MR) is 100 cm³/mol. The second-order valence-corrected chi connectivity index (χ2v) is 6.09. The number of carbonyl (C=O) groups excluding carboxylic acids is 1. The molecule has 126 valence electrons. The van der Waals surface area contributed by atoms with Gasteiger partial charge in [-0.1, -0.05) is 57.6 Å². The molecule has 0 saturated carbocycles. The van der Waals surface area contributed by atoms with Gasteiger partial charge in [0.15, 0.2) is 5.69 Å². The minimum atomic E-state index is -0.486. The SMILES string of the molecule is CCOC(=O)c1nnn(-c2ccccc2)c1/C=C/c1ccc(Br)cc1. The molecule has 0 radical (unpaired) electrons. The maximum Gasteiger partial charge on any atom is 0.361 e. The molecule has 0 saturated heterocycles. The maximum atomic E-state index is 12.2. The number of ether oxygens (including phenoxy) is 1. The first-order valence-corrected chi connectivity index (χ1v) is 8.60. The molecule has 0 spiro atoms. The number of aromatic nitrogens is 3. The number of carbonyl (C=O) groups is 1. The Morgan fingerprint density at radius 1 is 1.12 bits per heavy atom. The van der Waals surface area contributed by atoms with Crippen molar-refractivity contribution in [1.82, 2.24) is 15.0 Å². The summed E-state index contributed by atoms with van der Waals surface area (Å²) in [6.45, 7) is 2.05. The predicted octanol–water partition coefficient (Wildman–Crippen LogP) is 4.38. The molecule has 3 aromatic rings. The van der Waals surface area contributed by atoms with Crippen LogP contribution in [0, 0.1) is 0 Å². The average Bonchev–Trinajstić information content (AvgIpc) is 3.06. The van der Waals surface area contributed by atoms with E-state index in [9.17, 15) is 4.79 Å². The van der Waals surface area contributed by atoms with E-state index in [1.54, 1.807) is 11.6 Å². The lowest BCUT2D eigenvalue weighted by atomic mass is 10.2. The third-order valence-corrected chi connectivity index (χ3v) is 4.01. The highest BCUT2D eigenvalue weighted by Gasteiger charge is 2.19. The largest absolute Gasteiger partial charge is 0.461 e. The third kappa shape index (κ3) is 4.03. The van der Waals surface area contributed by atoms with Crippen molar-refractivity contribution in [1.29, 1.82) is 0 Å². The monoisotopic (exact) mass is 397 g/mol. The highest BCUT2D eigenvalue weighted by molar-refractivity contribution is 9.10. The van der Waals surface area contributed by atoms with Gasteiger partial charge in [-0.25, -0.2) is 9.48 Å². The van der Waals surface area contributed by atoms with Crippen LogP contribution in [0.2, 0.25) is 0 Å². The minimum Gasteiger partial charge on any atom is -0.461 e. The van der Waals surface area contributed by atoms with Gasteiger partial charge in [0.05, 0.1) is 12.3 Å². The van der Waals surface area contributed by atoms with Crippen LogP contribution in [0.15, 0.2) is 59.1 Å². The zero-order valence-electron chi connectivity index (χ0n) is 13.6. The lowest BCUT2D eigenvalue weighted by molar-refractivity contribution is 0.0519. The highest BCUT2D eigenvalue weighted by Crippen LogP contribution is 2.18. The zero-order valence-corrected chi connectivity index (χ0v) is 15.2. The topological polar surface area (TPSA) is 57.0 Å². The van der Waals surface area contributed by atoms with E-state index in [0.29, 0.717) is 5.69 Å². The fraction of sp³-hybridized carbons (Fsp3) is 0.105. The fourth-order valence-corrected chi connectivity index (χ4v) is 2.56. The molecule has 1 aromatic heterocycles. The summed E-state index contributed by atoms with van der Waals surface area (Å²) in [5.41, 5.74) is 2.59. The van der Waals surface area contributed by atoms with Gasteiger partial charge < -0.3 is 4.74 Å². The van der Waals surface area contributed by atoms with Crippen molar-refractivity contribution in [3.05, 3.63) is 76.0 Å². The summed E-state index contributed by atoms with van der Waals surface area (Å²) in [4.78, 5) is 12.2. The molecular formula is C19H16BrN3O2. The number of rotatable bonds is 5. The van der Waals surface area contributed by atoms with Crippen LogP contribution >= 0.6 is 15.9 Å². The molecule has 0 atom stereocenters.